The van der Waals surface area contributed by atoms with Crippen molar-refractivity contribution in [3.8, 4) is 0 Å². The van der Waals surface area contributed by atoms with Crippen LogP contribution in [0.1, 0.15) is 32.1 Å². The van der Waals surface area contributed by atoms with Gasteiger partial charge in [-0.2, -0.15) is 34.8 Å². The van der Waals surface area contributed by atoms with E-state index >= 15 is 0 Å². The lowest BCUT2D eigenvalue weighted by molar-refractivity contribution is -0.243. The van der Waals surface area contributed by atoms with E-state index < -0.39 is 52.9 Å². The third-order valence-corrected chi connectivity index (χ3v) is 7.57. The average molecular weight is 472 g/mol. The van der Waals surface area contributed by atoms with Gasteiger partial charge in [0, 0.05) is 0 Å². The third kappa shape index (κ3) is 4.66. The minimum atomic E-state index is -7.13. The molecule has 3 N–H and O–H groups in total. The summed E-state index contributed by atoms with van der Waals surface area (Å²) in [6, 6.07) is 0. The molecule has 0 radical (unpaired) electrons. The van der Waals surface area contributed by atoms with E-state index in [1.807, 2.05) is 0 Å². The molecule has 9 nitrogen and oxygen atoms in total. The third-order valence-electron chi connectivity index (χ3n) is 3.45. The van der Waals surface area contributed by atoms with Crippen molar-refractivity contribution in [2.24, 2.45) is 5.14 Å². The average Bonchev–Trinajstić information content (AvgIpc) is 2.44. The summed E-state index contributed by atoms with van der Waals surface area (Å²) < 4.78 is 151. The lowest BCUT2D eigenvalue weighted by atomic mass is 9.98. The highest BCUT2D eigenvalue weighted by molar-refractivity contribution is 8.03. The Morgan fingerprint density at radius 1 is 0.815 bits per heavy atom. The Bertz CT molecular complexity index is 866. The molecular weight excluding hydrogens is 458 g/mol. The Balaban J connectivity index is 3.20. The zero-order chi connectivity index (χ0) is 21.5. The van der Waals surface area contributed by atoms with Gasteiger partial charge in [0.05, 0.1) is 6.10 Å². The fourth-order valence-corrected chi connectivity index (χ4v) is 5.28. The van der Waals surface area contributed by atoms with Gasteiger partial charge in [0.25, 0.3) is 20.0 Å². The summed E-state index contributed by atoms with van der Waals surface area (Å²) in [6.07, 6.45) is 0.585. The topological polar surface area (TPSA) is 150 Å². The second kappa shape index (κ2) is 7.29. The van der Waals surface area contributed by atoms with Crippen LogP contribution in [-0.4, -0.2) is 47.8 Å². The summed E-state index contributed by atoms with van der Waals surface area (Å²) in [5.41, 5.74) is 0. The second-order valence-corrected chi connectivity index (χ2v) is 10.4. The minimum Gasteiger partial charge on any atom is -0.254 e. The van der Waals surface area contributed by atoms with Gasteiger partial charge in [-0.05, 0) is 12.8 Å². The zero-order valence-electron chi connectivity index (χ0n) is 13.0. The SMILES string of the molecule is NS(=O)(=O)C(F)(F)C(F)(F)C(F)(F)S(=O)(=O)NS(=O)(=O)OC1CCCCC1. The predicted molar refractivity (Wildman–Crippen MR) is 76.9 cm³/mol. The van der Waals surface area contributed by atoms with Crippen LogP contribution in [-0.2, 0) is 34.5 Å². The van der Waals surface area contributed by atoms with Crippen molar-refractivity contribution < 1.29 is 55.8 Å². The van der Waals surface area contributed by atoms with Crippen LogP contribution in [0.2, 0.25) is 0 Å². The van der Waals surface area contributed by atoms with E-state index in [2.05, 4.69) is 9.32 Å². The molecule has 0 bridgehead atoms. The fraction of sp³-hybridized carbons (Fsp3) is 1.00. The van der Waals surface area contributed by atoms with Crippen LogP contribution in [0.3, 0.4) is 0 Å². The van der Waals surface area contributed by atoms with Gasteiger partial charge in [-0.15, -0.1) is 0 Å². The molecule has 27 heavy (non-hydrogen) atoms. The number of halogens is 6. The summed E-state index contributed by atoms with van der Waals surface area (Å²) in [5.74, 6) is -7.13. The number of nitrogens with one attached hydrogen (secondary N) is 1. The maximum atomic E-state index is 13.6. The molecular formula is C9H14F6N2O7S3. The van der Waals surface area contributed by atoms with Gasteiger partial charge in [0.2, 0.25) is 0 Å². The molecule has 0 aromatic rings. The van der Waals surface area contributed by atoms with Crippen molar-refractivity contribution in [1.29, 1.82) is 0 Å². The molecule has 1 aliphatic carbocycles. The number of alkyl halides is 6. The summed E-state index contributed by atoms with van der Waals surface area (Å²) in [4.78, 5) is 0. The molecule has 0 atom stereocenters. The first-order valence-electron chi connectivity index (χ1n) is 6.90. The standard InChI is InChI=1S/C9H14F6N2O7S3/c10-7(11,8(12,13)25(16,18)19)9(14,15)26(20,21)17-27(22,23)24-6-4-2-1-3-5-6/h6,17H,1-5H2,(H2,16,18,19). The van der Waals surface area contributed by atoms with Crippen molar-refractivity contribution in [3.63, 3.8) is 0 Å². The Hall–Kier alpha value is -0.690. The van der Waals surface area contributed by atoms with Crippen LogP contribution >= 0.6 is 0 Å². The minimum absolute atomic E-state index is 0.0731. The van der Waals surface area contributed by atoms with Crippen LogP contribution in [0.5, 0.6) is 0 Å². The van der Waals surface area contributed by atoms with E-state index in [-0.39, 0.29) is 17.0 Å². The second-order valence-electron chi connectivity index (χ2n) is 5.55. The fourth-order valence-electron chi connectivity index (χ4n) is 2.06. The number of hydrogen-bond donors (Lipinski definition) is 2. The highest BCUT2D eigenvalue weighted by Crippen LogP contribution is 2.49. The molecule has 1 aliphatic rings. The van der Waals surface area contributed by atoms with E-state index in [0.717, 1.165) is 0 Å². The van der Waals surface area contributed by atoms with Gasteiger partial charge >= 0.3 is 26.7 Å². The van der Waals surface area contributed by atoms with E-state index in [1.54, 1.807) is 0 Å². The molecule has 1 saturated carbocycles. The lowest BCUT2D eigenvalue weighted by Crippen LogP contribution is -2.64. The van der Waals surface area contributed by atoms with E-state index in [0.29, 0.717) is 19.3 Å². The molecule has 0 heterocycles. The van der Waals surface area contributed by atoms with Crippen LogP contribution in [0.25, 0.3) is 0 Å². The van der Waals surface area contributed by atoms with Crippen molar-refractivity contribution in [1.82, 2.24) is 4.13 Å². The monoisotopic (exact) mass is 472 g/mol. The normalized spacial score (nSPS) is 19.2. The number of nitrogens with two attached hydrogens (primary N) is 1. The van der Waals surface area contributed by atoms with Gasteiger partial charge in [0.1, 0.15) is 0 Å². The Labute approximate surface area is 150 Å². The quantitative estimate of drug-likeness (QED) is 0.492. The van der Waals surface area contributed by atoms with Gasteiger partial charge in [-0.25, -0.2) is 22.0 Å². The van der Waals surface area contributed by atoms with Crippen molar-refractivity contribution >= 4 is 30.4 Å². The molecule has 0 unspecified atom stereocenters. The van der Waals surface area contributed by atoms with Crippen molar-refractivity contribution in [2.75, 3.05) is 0 Å². The maximum absolute atomic E-state index is 13.6. The Morgan fingerprint density at radius 3 is 1.67 bits per heavy atom. The van der Waals surface area contributed by atoms with Gasteiger partial charge < -0.3 is 0 Å². The number of primary sulfonamides is 1. The number of sulfonamides is 2. The summed E-state index contributed by atoms with van der Waals surface area (Å²) >= 11 is 0. The summed E-state index contributed by atoms with van der Waals surface area (Å²) in [6.45, 7) is 0. The van der Waals surface area contributed by atoms with Gasteiger partial charge in [-0.1, -0.05) is 23.4 Å². The number of hydrogen-bond acceptors (Lipinski definition) is 7. The molecule has 162 valence electrons. The van der Waals surface area contributed by atoms with Crippen LogP contribution < -0.4 is 9.27 Å². The molecule has 0 aliphatic heterocycles. The predicted octanol–water partition coefficient (Wildman–Crippen LogP) is 0.609. The van der Waals surface area contributed by atoms with Crippen LogP contribution in [0, 0.1) is 0 Å². The molecule has 0 saturated heterocycles. The zero-order valence-corrected chi connectivity index (χ0v) is 15.5. The first-order valence-corrected chi connectivity index (χ1v) is 11.3. The van der Waals surface area contributed by atoms with Crippen LogP contribution in [0.4, 0.5) is 26.3 Å². The first-order chi connectivity index (χ1) is 11.8. The first kappa shape index (κ1) is 24.3. The van der Waals surface area contributed by atoms with Crippen LogP contribution in [0.15, 0.2) is 0 Å². The molecule has 0 amide bonds. The molecule has 0 spiro atoms. The highest BCUT2D eigenvalue weighted by Gasteiger charge is 2.82. The largest absolute Gasteiger partial charge is 0.429 e. The van der Waals surface area contributed by atoms with Crippen molar-refractivity contribution in [3.05, 3.63) is 0 Å². The number of rotatable bonds is 8. The Morgan fingerprint density at radius 2 is 1.26 bits per heavy atom. The highest BCUT2D eigenvalue weighted by atomic mass is 32.3. The molecule has 1 rings (SSSR count). The van der Waals surface area contributed by atoms with Gasteiger partial charge in [-0.3, -0.25) is 4.18 Å². The van der Waals surface area contributed by atoms with E-state index in [4.69, 9.17) is 0 Å². The van der Waals surface area contributed by atoms with Crippen molar-refractivity contribution in [2.45, 2.75) is 54.6 Å². The smallest absolute Gasteiger partial charge is 0.254 e. The molecule has 1 fully saturated rings. The Kier molecular flexibility index (Phi) is 6.57. The molecule has 0 aromatic carbocycles. The summed E-state index contributed by atoms with van der Waals surface area (Å²) in [5, 5.41) is -9.91. The maximum Gasteiger partial charge on any atom is 0.429 e. The van der Waals surface area contributed by atoms with E-state index in [1.165, 1.54) is 0 Å². The summed E-state index contributed by atoms with van der Waals surface area (Å²) in [7, 11) is -19.5. The van der Waals surface area contributed by atoms with Gasteiger partial charge in [0.15, 0.2) is 0 Å². The van der Waals surface area contributed by atoms with E-state index in [9.17, 15) is 51.6 Å². The molecule has 18 heteroatoms. The lowest BCUT2D eigenvalue weighted by Gasteiger charge is -2.30. The molecule has 0 aromatic heterocycles.